The number of benzene rings is 1. The highest BCUT2D eigenvalue weighted by Gasteiger charge is 2.09. The zero-order valence-corrected chi connectivity index (χ0v) is 13.9. The second-order valence-electron chi connectivity index (χ2n) is 5.02. The van der Waals surface area contributed by atoms with Crippen LogP contribution in [0.4, 0.5) is 0 Å². The Bertz CT molecular complexity index is 632. The first-order chi connectivity index (χ1) is 9.95. The average Bonchev–Trinajstić information content (AvgIpc) is 2.78. The van der Waals surface area contributed by atoms with E-state index < -0.39 is 0 Å². The zero-order chi connectivity index (χ0) is 15.4. The molecular formula is C15H19ClN4S. The number of hydrogen-bond acceptors (Lipinski definition) is 3. The Morgan fingerprint density at radius 1 is 1.38 bits per heavy atom. The number of aryl methyl sites for hydroxylation is 1. The monoisotopic (exact) mass is 322 g/mol. The lowest BCUT2D eigenvalue weighted by Gasteiger charge is -2.07. The van der Waals surface area contributed by atoms with Gasteiger partial charge >= 0.3 is 0 Å². The molecule has 0 bridgehead atoms. The third-order valence-corrected chi connectivity index (χ3v) is 3.99. The Kier molecular flexibility index (Phi) is 5.20. The normalized spacial score (nSPS) is 12.0. The Morgan fingerprint density at radius 3 is 2.67 bits per heavy atom. The van der Waals surface area contributed by atoms with E-state index in [9.17, 15) is 0 Å². The summed E-state index contributed by atoms with van der Waals surface area (Å²) in [7, 11) is 0. The minimum atomic E-state index is 0.274. The average molecular weight is 323 g/mol. The largest absolute Gasteiger partial charge is 0.370 e. The standard InChI is InChI=1S/C15H19ClN4S/c1-9(2)19-15(17)18-8-13-20-14(10(3)21-13)11-4-6-12(16)7-5-11/h4-7,9H,8H2,1-3H3,(H3,17,18,19). The lowest BCUT2D eigenvalue weighted by molar-refractivity contribution is 0.723. The van der Waals surface area contributed by atoms with Crippen LogP contribution < -0.4 is 11.1 Å². The Balaban J connectivity index is 2.14. The highest BCUT2D eigenvalue weighted by atomic mass is 35.5. The van der Waals surface area contributed by atoms with E-state index in [1.54, 1.807) is 11.3 Å². The fourth-order valence-electron chi connectivity index (χ4n) is 1.89. The van der Waals surface area contributed by atoms with Crippen molar-refractivity contribution in [2.24, 2.45) is 10.7 Å². The molecule has 112 valence electrons. The maximum absolute atomic E-state index is 5.91. The Morgan fingerprint density at radius 2 is 2.05 bits per heavy atom. The van der Waals surface area contributed by atoms with Gasteiger partial charge in [0.2, 0.25) is 0 Å². The molecule has 6 heteroatoms. The molecule has 4 nitrogen and oxygen atoms in total. The third kappa shape index (κ3) is 4.44. The Hall–Kier alpha value is -1.59. The molecule has 2 aromatic rings. The van der Waals surface area contributed by atoms with Crippen LogP contribution in [-0.4, -0.2) is 17.0 Å². The number of nitrogens with two attached hydrogens (primary N) is 1. The first-order valence-corrected chi connectivity index (χ1v) is 7.94. The molecule has 1 heterocycles. The van der Waals surface area contributed by atoms with Crippen LogP contribution in [0, 0.1) is 6.92 Å². The number of nitrogens with zero attached hydrogens (tertiary/aromatic N) is 2. The van der Waals surface area contributed by atoms with Crippen LogP contribution in [0.1, 0.15) is 23.7 Å². The van der Waals surface area contributed by atoms with Crippen molar-refractivity contribution in [3.63, 3.8) is 0 Å². The Labute approximate surface area is 134 Å². The molecule has 0 fully saturated rings. The first kappa shape index (κ1) is 15.8. The van der Waals surface area contributed by atoms with E-state index in [2.05, 4.69) is 22.2 Å². The van der Waals surface area contributed by atoms with Gasteiger partial charge in [0, 0.05) is 21.5 Å². The van der Waals surface area contributed by atoms with Crippen molar-refractivity contribution in [3.8, 4) is 11.3 Å². The van der Waals surface area contributed by atoms with Gasteiger partial charge in [-0.3, -0.25) is 0 Å². The van der Waals surface area contributed by atoms with Crippen LogP contribution in [0.2, 0.25) is 5.02 Å². The molecule has 0 saturated heterocycles. The van der Waals surface area contributed by atoms with E-state index in [1.807, 2.05) is 38.1 Å². The quantitative estimate of drug-likeness (QED) is 0.668. The molecule has 3 N–H and O–H groups in total. The second-order valence-corrected chi connectivity index (χ2v) is 6.74. The van der Waals surface area contributed by atoms with Gasteiger partial charge < -0.3 is 11.1 Å². The summed E-state index contributed by atoms with van der Waals surface area (Å²) >= 11 is 7.55. The molecule has 0 saturated carbocycles. The van der Waals surface area contributed by atoms with Crippen molar-refractivity contribution in [2.75, 3.05) is 0 Å². The van der Waals surface area contributed by atoms with Gasteiger partial charge in [0.05, 0.1) is 12.2 Å². The van der Waals surface area contributed by atoms with E-state index in [-0.39, 0.29) is 6.04 Å². The van der Waals surface area contributed by atoms with E-state index >= 15 is 0 Å². The predicted molar refractivity (Wildman–Crippen MR) is 90.9 cm³/mol. The summed E-state index contributed by atoms with van der Waals surface area (Å²) in [5.41, 5.74) is 7.85. The van der Waals surface area contributed by atoms with Crippen molar-refractivity contribution in [3.05, 3.63) is 39.2 Å². The lowest BCUT2D eigenvalue weighted by atomic mass is 10.1. The molecule has 0 aliphatic heterocycles. The molecule has 0 radical (unpaired) electrons. The van der Waals surface area contributed by atoms with Crippen LogP contribution in [0.5, 0.6) is 0 Å². The van der Waals surface area contributed by atoms with Gasteiger partial charge in [0.25, 0.3) is 0 Å². The molecule has 21 heavy (non-hydrogen) atoms. The van der Waals surface area contributed by atoms with E-state index in [4.69, 9.17) is 17.3 Å². The molecule has 0 aliphatic rings. The van der Waals surface area contributed by atoms with Gasteiger partial charge in [-0.05, 0) is 32.9 Å². The van der Waals surface area contributed by atoms with E-state index in [0.717, 1.165) is 26.2 Å². The second kappa shape index (κ2) is 6.91. The maximum Gasteiger partial charge on any atom is 0.189 e. The number of guanidine groups is 1. The van der Waals surface area contributed by atoms with Crippen molar-refractivity contribution < 1.29 is 0 Å². The summed E-state index contributed by atoms with van der Waals surface area (Å²) in [6, 6.07) is 7.98. The van der Waals surface area contributed by atoms with Crippen LogP contribution in [-0.2, 0) is 6.54 Å². The number of aromatic nitrogens is 1. The van der Waals surface area contributed by atoms with Crippen molar-refractivity contribution in [1.82, 2.24) is 10.3 Å². The number of halogens is 1. The van der Waals surface area contributed by atoms with Crippen LogP contribution >= 0.6 is 22.9 Å². The summed E-state index contributed by atoms with van der Waals surface area (Å²) in [4.78, 5) is 10.1. The maximum atomic E-state index is 5.91. The van der Waals surface area contributed by atoms with Crippen molar-refractivity contribution in [2.45, 2.75) is 33.4 Å². The summed E-state index contributed by atoms with van der Waals surface area (Å²) < 4.78 is 0. The van der Waals surface area contributed by atoms with E-state index in [0.29, 0.717) is 12.5 Å². The lowest BCUT2D eigenvalue weighted by Crippen LogP contribution is -2.36. The third-order valence-electron chi connectivity index (χ3n) is 2.78. The highest BCUT2D eigenvalue weighted by molar-refractivity contribution is 7.12. The molecular weight excluding hydrogens is 304 g/mol. The number of thiazole rings is 1. The summed E-state index contributed by atoms with van der Waals surface area (Å²) in [6.45, 7) is 6.60. The fraction of sp³-hybridized carbons (Fsp3) is 0.333. The molecule has 1 aromatic heterocycles. The SMILES string of the molecule is Cc1sc(CN=C(N)NC(C)C)nc1-c1ccc(Cl)cc1. The molecule has 0 amide bonds. The number of hydrogen-bond donors (Lipinski definition) is 2. The fourth-order valence-corrected chi connectivity index (χ4v) is 2.89. The first-order valence-electron chi connectivity index (χ1n) is 6.74. The predicted octanol–water partition coefficient (Wildman–Crippen LogP) is 3.58. The molecule has 0 spiro atoms. The zero-order valence-electron chi connectivity index (χ0n) is 12.4. The molecule has 0 unspecified atom stereocenters. The van der Waals surface area contributed by atoms with Crippen molar-refractivity contribution in [1.29, 1.82) is 0 Å². The van der Waals surface area contributed by atoms with Gasteiger partial charge in [0.1, 0.15) is 5.01 Å². The minimum Gasteiger partial charge on any atom is -0.370 e. The van der Waals surface area contributed by atoms with Crippen LogP contribution in [0.15, 0.2) is 29.3 Å². The van der Waals surface area contributed by atoms with Crippen molar-refractivity contribution >= 4 is 28.9 Å². The molecule has 0 aliphatic carbocycles. The number of nitrogens with one attached hydrogen (secondary N) is 1. The highest BCUT2D eigenvalue weighted by Crippen LogP contribution is 2.28. The summed E-state index contributed by atoms with van der Waals surface area (Å²) in [5.74, 6) is 0.450. The van der Waals surface area contributed by atoms with Gasteiger partial charge in [-0.15, -0.1) is 11.3 Å². The number of aliphatic imine (C=N–C) groups is 1. The smallest absolute Gasteiger partial charge is 0.189 e. The minimum absolute atomic E-state index is 0.274. The van der Waals surface area contributed by atoms with Gasteiger partial charge in [-0.25, -0.2) is 9.98 Å². The van der Waals surface area contributed by atoms with Gasteiger partial charge in [0.15, 0.2) is 5.96 Å². The summed E-state index contributed by atoms with van der Waals surface area (Å²) in [5, 5.41) is 4.74. The molecule has 0 atom stereocenters. The topological polar surface area (TPSA) is 63.3 Å². The van der Waals surface area contributed by atoms with Crippen LogP contribution in [0.25, 0.3) is 11.3 Å². The van der Waals surface area contributed by atoms with Crippen LogP contribution in [0.3, 0.4) is 0 Å². The number of rotatable bonds is 4. The molecule has 2 rings (SSSR count). The summed E-state index contributed by atoms with van der Waals surface area (Å²) in [6.07, 6.45) is 0. The molecule has 1 aromatic carbocycles. The van der Waals surface area contributed by atoms with Gasteiger partial charge in [-0.2, -0.15) is 0 Å². The van der Waals surface area contributed by atoms with Gasteiger partial charge in [-0.1, -0.05) is 23.7 Å². The van der Waals surface area contributed by atoms with E-state index in [1.165, 1.54) is 0 Å².